The van der Waals surface area contributed by atoms with Crippen molar-refractivity contribution in [3.05, 3.63) is 16.9 Å². The van der Waals surface area contributed by atoms with Crippen LogP contribution in [0.1, 0.15) is 30.3 Å². The number of carbonyl (C=O) groups excluding carboxylic acids is 2. The third kappa shape index (κ3) is 3.42. The van der Waals surface area contributed by atoms with Crippen molar-refractivity contribution < 1.29 is 14.3 Å². The van der Waals surface area contributed by atoms with Crippen LogP contribution in [0, 0.1) is 5.92 Å². The Balaban J connectivity index is 1.59. The summed E-state index contributed by atoms with van der Waals surface area (Å²) in [6.07, 6.45) is 2.90. The van der Waals surface area contributed by atoms with Crippen molar-refractivity contribution in [2.24, 2.45) is 5.92 Å². The van der Waals surface area contributed by atoms with E-state index in [1.165, 1.54) is 6.20 Å². The first-order valence-corrected chi connectivity index (χ1v) is 8.86. The number of rotatable bonds is 3. The number of hydrogen-bond donors (Lipinski definition) is 0. The van der Waals surface area contributed by atoms with Gasteiger partial charge in [0.05, 0.1) is 24.4 Å². The van der Waals surface area contributed by atoms with E-state index in [9.17, 15) is 9.59 Å². The van der Waals surface area contributed by atoms with Gasteiger partial charge >= 0.3 is 0 Å². The van der Waals surface area contributed by atoms with Gasteiger partial charge in [0.1, 0.15) is 5.69 Å². The average Bonchev–Trinajstić information content (AvgIpc) is 3.02. The van der Waals surface area contributed by atoms with E-state index < -0.39 is 0 Å². The van der Waals surface area contributed by atoms with Gasteiger partial charge in [-0.05, 0) is 19.8 Å². The molecule has 7 nitrogen and oxygen atoms in total. The zero-order valence-corrected chi connectivity index (χ0v) is 14.7. The molecule has 2 aliphatic heterocycles. The maximum absolute atomic E-state index is 12.7. The summed E-state index contributed by atoms with van der Waals surface area (Å²) < 4.78 is 6.91. The molecule has 1 aromatic heterocycles. The summed E-state index contributed by atoms with van der Waals surface area (Å²) in [5, 5.41) is 4.50. The standard InChI is InChI=1S/C16H23ClN4O3/c1-2-21-14(13(17)11-18-21)16(23)19-5-3-12(4-6-19)15(22)20-7-9-24-10-8-20/h11-12H,2-10H2,1H3. The molecule has 2 amide bonds. The summed E-state index contributed by atoms with van der Waals surface area (Å²) >= 11 is 6.12. The van der Waals surface area contributed by atoms with Crippen molar-refractivity contribution in [1.29, 1.82) is 0 Å². The Labute approximate surface area is 146 Å². The van der Waals surface area contributed by atoms with Crippen LogP contribution in [-0.4, -0.2) is 70.8 Å². The highest BCUT2D eigenvalue weighted by atomic mass is 35.5. The molecule has 2 fully saturated rings. The summed E-state index contributed by atoms with van der Waals surface area (Å²) in [5.41, 5.74) is 0.442. The minimum atomic E-state index is -0.100. The van der Waals surface area contributed by atoms with Gasteiger partial charge < -0.3 is 14.5 Å². The average molecular weight is 355 g/mol. The van der Waals surface area contributed by atoms with E-state index in [-0.39, 0.29) is 17.7 Å². The van der Waals surface area contributed by atoms with Crippen LogP contribution >= 0.6 is 11.6 Å². The Morgan fingerprint density at radius 2 is 1.88 bits per heavy atom. The monoisotopic (exact) mass is 354 g/mol. The minimum absolute atomic E-state index is 0.00120. The summed E-state index contributed by atoms with van der Waals surface area (Å²) in [5.74, 6) is 0.0948. The molecule has 0 unspecified atom stereocenters. The highest BCUT2D eigenvalue weighted by Crippen LogP contribution is 2.24. The first-order valence-electron chi connectivity index (χ1n) is 8.49. The van der Waals surface area contributed by atoms with Crippen LogP contribution < -0.4 is 0 Å². The van der Waals surface area contributed by atoms with Gasteiger partial charge in [0.15, 0.2) is 0 Å². The van der Waals surface area contributed by atoms with Crippen molar-refractivity contribution >= 4 is 23.4 Å². The van der Waals surface area contributed by atoms with Gasteiger partial charge in [-0.1, -0.05) is 11.6 Å². The van der Waals surface area contributed by atoms with Crippen molar-refractivity contribution in [3.63, 3.8) is 0 Å². The Morgan fingerprint density at radius 1 is 1.21 bits per heavy atom. The molecule has 0 aliphatic carbocycles. The molecule has 3 rings (SSSR count). The van der Waals surface area contributed by atoms with Gasteiger partial charge in [-0.15, -0.1) is 0 Å². The van der Waals surface area contributed by atoms with Gasteiger partial charge in [-0.2, -0.15) is 5.10 Å². The van der Waals surface area contributed by atoms with E-state index in [0.29, 0.717) is 69.5 Å². The predicted octanol–water partition coefficient (Wildman–Crippen LogP) is 1.27. The van der Waals surface area contributed by atoms with Crippen LogP contribution in [0.2, 0.25) is 5.02 Å². The van der Waals surface area contributed by atoms with E-state index in [1.54, 1.807) is 9.58 Å². The van der Waals surface area contributed by atoms with Gasteiger partial charge in [0.2, 0.25) is 5.91 Å². The second-order valence-corrected chi connectivity index (χ2v) is 6.57. The quantitative estimate of drug-likeness (QED) is 0.819. The molecule has 0 atom stereocenters. The van der Waals surface area contributed by atoms with Crippen LogP contribution in [0.5, 0.6) is 0 Å². The first kappa shape index (κ1) is 17.2. The van der Waals surface area contributed by atoms with Crippen molar-refractivity contribution in [2.45, 2.75) is 26.3 Å². The molecule has 0 radical (unpaired) electrons. The fourth-order valence-corrected chi connectivity index (χ4v) is 3.56. The van der Waals surface area contributed by atoms with Gasteiger partial charge in [-0.3, -0.25) is 14.3 Å². The van der Waals surface area contributed by atoms with E-state index in [4.69, 9.17) is 16.3 Å². The number of hydrogen-bond acceptors (Lipinski definition) is 4. The minimum Gasteiger partial charge on any atom is -0.378 e. The molecule has 24 heavy (non-hydrogen) atoms. The molecule has 0 bridgehead atoms. The van der Waals surface area contributed by atoms with Crippen LogP contribution in [-0.2, 0) is 16.1 Å². The zero-order chi connectivity index (χ0) is 17.1. The summed E-state index contributed by atoms with van der Waals surface area (Å²) in [6, 6.07) is 0. The summed E-state index contributed by atoms with van der Waals surface area (Å²) in [7, 11) is 0. The third-order valence-electron chi connectivity index (χ3n) is 4.75. The second-order valence-electron chi connectivity index (χ2n) is 6.16. The number of carbonyl (C=O) groups is 2. The maximum atomic E-state index is 12.7. The molecular weight excluding hydrogens is 332 g/mol. The van der Waals surface area contributed by atoms with Gasteiger partial charge in [0.25, 0.3) is 5.91 Å². The molecule has 3 heterocycles. The lowest BCUT2D eigenvalue weighted by atomic mass is 9.95. The topological polar surface area (TPSA) is 67.7 Å². The SMILES string of the molecule is CCn1ncc(Cl)c1C(=O)N1CCC(C(=O)N2CCOCC2)CC1. The molecule has 1 aromatic rings. The van der Waals surface area contributed by atoms with E-state index in [1.807, 2.05) is 11.8 Å². The fraction of sp³-hybridized carbons (Fsp3) is 0.688. The molecule has 132 valence electrons. The van der Waals surface area contributed by atoms with Crippen LogP contribution in [0.3, 0.4) is 0 Å². The summed E-state index contributed by atoms with van der Waals surface area (Å²) in [4.78, 5) is 28.9. The molecule has 0 N–H and O–H groups in total. The number of likely N-dealkylation sites (tertiary alicyclic amines) is 1. The lowest BCUT2D eigenvalue weighted by Crippen LogP contribution is -2.47. The Morgan fingerprint density at radius 3 is 2.50 bits per heavy atom. The van der Waals surface area contributed by atoms with Gasteiger partial charge in [-0.25, -0.2) is 0 Å². The van der Waals surface area contributed by atoms with E-state index in [0.717, 1.165) is 0 Å². The second kappa shape index (κ2) is 7.53. The zero-order valence-electron chi connectivity index (χ0n) is 13.9. The summed E-state index contributed by atoms with van der Waals surface area (Å²) in [6.45, 7) is 6.24. The van der Waals surface area contributed by atoms with Crippen LogP contribution in [0.4, 0.5) is 0 Å². The van der Waals surface area contributed by atoms with Crippen LogP contribution in [0.15, 0.2) is 6.20 Å². The largest absolute Gasteiger partial charge is 0.378 e. The van der Waals surface area contributed by atoms with E-state index in [2.05, 4.69) is 5.10 Å². The Kier molecular flexibility index (Phi) is 5.40. The van der Waals surface area contributed by atoms with Gasteiger partial charge in [0, 0.05) is 38.6 Å². The number of morpholine rings is 1. The highest BCUT2D eigenvalue weighted by molar-refractivity contribution is 6.33. The number of aromatic nitrogens is 2. The van der Waals surface area contributed by atoms with Crippen LogP contribution in [0.25, 0.3) is 0 Å². The first-order chi connectivity index (χ1) is 11.6. The Hall–Kier alpha value is -1.60. The Bertz CT molecular complexity index is 604. The maximum Gasteiger partial charge on any atom is 0.273 e. The smallest absolute Gasteiger partial charge is 0.273 e. The number of amides is 2. The fourth-order valence-electron chi connectivity index (χ4n) is 3.34. The number of halogens is 1. The molecule has 0 aromatic carbocycles. The molecule has 2 aliphatic rings. The normalized spacial score (nSPS) is 19.6. The molecule has 2 saturated heterocycles. The van der Waals surface area contributed by atoms with Crippen molar-refractivity contribution in [3.8, 4) is 0 Å². The molecular formula is C16H23ClN4O3. The number of piperidine rings is 1. The number of ether oxygens (including phenoxy) is 1. The lowest BCUT2D eigenvalue weighted by molar-refractivity contribution is -0.141. The predicted molar refractivity (Wildman–Crippen MR) is 88.9 cm³/mol. The van der Waals surface area contributed by atoms with E-state index >= 15 is 0 Å². The number of aryl methyl sites for hydroxylation is 1. The molecule has 0 saturated carbocycles. The lowest BCUT2D eigenvalue weighted by Gasteiger charge is -2.35. The third-order valence-corrected chi connectivity index (χ3v) is 5.03. The van der Waals surface area contributed by atoms with Crippen molar-refractivity contribution in [2.75, 3.05) is 39.4 Å². The molecule has 8 heteroatoms. The number of nitrogens with zero attached hydrogens (tertiary/aromatic N) is 4. The molecule has 0 spiro atoms. The highest BCUT2D eigenvalue weighted by Gasteiger charge is 2.32. The van der Waals surface area contributed by atoms with Crippen molar-refractivity contribution in [1.82, 2.24) is 19.6 Å².